The van der Waals surface area contributed by atoms with Gasteiger partial charge in [0.25, 0.3) is 0 Å². The van der Waals surface area contributed by atoms with Crippen molar-refractivity contribution < 1.29 is 14.3 Å². The molecule has 0 N–H and O–H groups in total. The normalized spacial score (nSPS) is 17.1. The predicted octanol–water partition coefficient (Wildman–Crippen LogP) is 3.99. The molecule has 2 aromatic rings. The maximum Gasteiger partial charge on any atom is 0.233 e. The van der Waals surface area contributed by atoms with Gasteiger partial charge in [0.15, 0.2) is 0 Å². The lowest BCUT2D eigenvalue weighted by atomic mass is 9.94. The van der Waals surface area contributed by atoms with Crippen LogP contribution in [0.2, 0.25) is 0 Å². The Bertz CT molecular complexity index is 886. The first-order chi connectivity index (χ1) is 14.6. The zero-order valence-corrected chi connectivity index (χ0v) is 18.3. The summed E-state index contributed by atoms with van der Waals surface area (Å²) < 4.78 is 11.3. The highest BCUT2D eigenvalue weighted by Gasteiger charge is 2.53. The van der Waals surface area contributed by atoms with Gasteiger partial charge in [-0.25, -0.2) is 0 Å². The SMILES string of the molecule is CCN(CC)Cc1ccc2c(c1)CN(C(=O)C1(c3ccc(OC)cc3)CC1)CCO2. The molecule has 5 nitrogen and oxygen atoms in total. The van der Waals surface area contributed by atoms with Crippen molar-refractivity contribution in [2.24, 2.45) is 0 Å². The zero-order valence-electron chi connectivity index (χ0n) is 18.3. The molecule has 1 heterocycles. The van der Waals surface area contributed by atoms with Gasteiger partial charge in [-0.2, -0.15) is 0 Å². The second kappa shape index (κ2) is 8.68. The number of nitrogens with zero attached hydrogens (tertiary/aromatic N) is 2. The molecular weight excluding hydrogens is 376 g/mol. The van der Waals surface area contributed by atoms with E-state index in [-0.39, 0.29) is 11.3 Å². The van der Waals surface area contributed by atoms with E-state index in [9.17, 15) is 4.79 Å². The summed E-state index contributed by atoms with van der Waals surface area (Å²) in [6, 6.07) is 14.4. The maximum atomic E-state index is 13.6. The zero-order chi connectivity index (χ0) is 21.1. The van der Waals surface area contributed by atoms with Crippen LogP contribution in [-0.4, -0.2) is 49.1 Å². The number of benzene rings is 2. The van der Waals surface area contributed by atoms with Crippen LogP contribution in [0.3, 0.4) is 0 Å². The van der Waals surface area contributed by atoms with Crippen molar-refractivity contribution in [3.05, 3.63) is 59.2 Å². The van der Waals surface area contributed by atoms with Crippen LogP contribution in [-0.2, 0) is 23.3 Å². The lowest BCUT2D eigenvalue weighted by molar-refractivity contribution is -0.134. The molecule has 0 radical (unpaired) electrons. The van der Waals surface area contributed by atoms with E-state index in [1.54, 1.807) is 7.11 Å². The molecule has 0 bridgehead atoms. The van der Waals surface area contributed by atoms with E-state index in [0.717, 1.165) is 55.1 Å². The highest BCUT2D eigenvalue weighted by Crippen LogP contribution is 2.50. The molecule has 1 amide bonds. The van der Waals surface area contributed by atoms with Crippen LogP contribution in [0.25, 0.3) is 0 Å². The van der Waals surface area contributed by atoms with Crippen molar-refractivity contribution in [1.29, 1.82) is 0 Å². The second-order valence-electron chi connectivity index (χ2n) is 8.29. The molecule has 1 aliphatic heterocycles. The van der Waals surface area contributed by atoms with E-state index in [2.05, 4.69) is 36.9 Å². The number of rotatable bonds is 7. The fourth-order valence-electron chi connectivity index (χ4n) is 4.39. The molecule has 0 atom stereocenters. The van der Waals surface area contributed by atoms with Crippen molar-refractivity contribution in [3.63, 3.8) is 0 Å². The van der Waals surface area contributed by atoms with Gasteiger partial charge in [0.1, 0.15) is 18.1 Å². The molecule has 0 spiro atoms. The third-order valence-electron chi connectivity index (χ3n) is 6.49. The maximum absolute atomic E-state index is 13.6. The summed E-state index contributed by atoms with van der Waals surface area (Å²) >= 11 is 0. The number of carbonyl (C=O) groups excluding carboxylic acids is 1. The van der Waals surface area contributed by atoms with E-state index < -0.39 is 0 Å². The quantitative estimate of drug-likeness (QED) is 0.695. The molecule has 2 aromatic carbocycles. The van der Waals surface area contributed by atoms with Crippen molar-refractivity contribution in [2.45, 2.75) is 45.2 Å². The number of amides is 1. The average molecular weight is 409 g/mol. The molecule has 1 saturated carbocycles. The first-order valence-electron chi connectivity index (χ1n) is 11.0. The molecule has 4 rings (SSSR count). The predicted molar refractivity (Wildman–Crippen MR) is 118 cm³/mol. The Kier molecular flexibility index (Phi) is 6.00. The second-order valence-corrected chi connectivity index (χ2v) is 8.29. The molecule has 1 fully saturated rings. The number of methoxy groups -OCH3 is 1. The first kappa shape index (κ1) is 20.7. The van der Waals surface area contributed by atoms with Crippen molar-refractivity contribution in [3.8, 4) is 11.5 Å². The standard InChI is InChI=1S/C25H32N2O3/c1-4-26(5-2)17-19-6-11-23-20(16-19)18-27(14-15-30-23)24(28)25(12-13-25)21-7-9-22(29-3)10-8-21/h6-11,16H,4-5,12-15,17-18H2,1-3H3. The number of hydrogen-bond acceptors (Lipinski definition) is 4. The lowest BCUT2D eigenvalue weighted by Gasteiger charge is -2.26. The summed E-state index contributed by atoms with van der Waals surface area (Å²) in [6.45, 7) is 9.11. The third-order valence-corrected chi connectivity index (χ3v) is 6.49. The van der Waals surface area contributed by atoms with Crippen LogP contribution in [0, 0.1) is 0 Å². The summed E-state index contributed by atoms with van der Waals surface area (Å²) in [4.78, 5) is 18.0. The molecule has 5 heteroatoms. The first-order valence-corrected chi connectivity index (χ1v) is 11.0. The van der Waals surface area contributed by atoms with Crippen LogP contribution in [0.1, 0.15) is 43.4 Å². The highest BCUT2D eigenvalue weighted by molar-refractivity contribution is 5.91. The van der Waals surface area contributed by atoms with E-state index in [1.165, 1.54) is 5.56 Å². The number of fused-ring (bicyclic) bond motifs is 1. The van der Waals surface area contributed by atoms with Gasteiger partial charge in [0.05, 0.1) is 19.1 Å². The Labute approximate surface area is 179 Å². The minimum absolute atomic E-state index is 0.221. The monoisotopic (exact) mass is 408 g/mol. The molecule has 0 aromatic heterocycles. The van der Waals surface area contributed by atoms with Gasteiger partial charge in [0, 0.05) is 18.7 Å². The third kappa shape index (κ3) is 4.04. The fraction of sp³-hybridized carbons (Fsp3) is 0.480. The van der Waals surface area contributed by atoms with Crippen LogP contribution < -0.4 is 9.47 Å². The number of ether oxygens (including phenoxy) is 2. The van der Waals surface area contributed by atoms with Gasteiger partial charge in [0.2, 0.25) is 5.91 Å². The Morgan fingerprint density at radius 1 is 1.13 bits per heavy atom. The van der Waals surface area contributed by atoms with Gasteiger partial charge in [-0.1, -0.05) is 32.0 Å². The Hall–Kier alpha value is -2.53. The van der Waals surface area contributed by atoms with Gasteiger partial charge < -0.3 is 14.4 Å². The Balaban J connectivity index is 1.54. The van der Waals surface area contributed by atoms with E-state index in [1.807, 2.05) is 29.2 Å². The average Bonchev–Trinajstić information content (AvgIpc) is 3.61. The Morgan fingerprint density at radius 2 is 1.87 bits per heavy atom. The van der Waals surface area contributed by atoms with Gasteiger partial charge in [-0.15, -0.1) is 0 Å². The smallest absolute Gasteiger partial charge is 0.233 e. The molecular formula is C25H32N2O3. The summed E-state index contributed by atoms with van der Waals surface area (Å²) in [5.74, 6) is 1.95. The highest BCUT2D eigenvalue weighted by atomic mass is 16.5. The van der Waals surface area contributed by atoms with Gasteiger partial charge in [-0.05, 0) is 61.3 Å². The summed E-state index contributed by atoms with van der Waals surface area (Å²) in [6.07, 6.45) is 1.81. The van der Waals surface area contributed by atoms with Crippen molar-refractivity contribution in [1.82, 2.24) is 9.80 Å². The van der Waals surface area contributed by atoms with Crippen LogP contribution in [0.5, 0.6) is 11.5 Å². The summed E-state index contributed by atoms with van der Waals surface area (Å²) in [5, 5.41) is 0. The minimum Gasteiger partial charge on any atom is -0.497 e. The number of carbonyl (C=O) groups is 1. The molecule has 30 heavy (non-hydrogen) atoms. The topological polar surface area (TPSA) is 42.0 Å². The van der Waals surface area contributed by atoms with E-state index in [4.69, 9.17) is 9.47 Å². The number of hydrogen-bond donors (Lipinski definition) is 0. The summed E-state index contributed by atoms with van der Waals surface area (Å²) in [7, 11) is 1.66. The van der Waals surface area contributed by atoms with E-state index in [0.29, 0.717) is 19.7 Å². The molecule has 0 saturated heterocycles. The van der Waals surface area contributed by atoms with Crippen LogP contribution >= 0.6 is 0 Å². The fourth-order valence-corrected chi connectivity index (χ4v) is 4.39. The summed E-state index contributed by atoms with van der Waals surface area (Å²) in [5.41, 5.74) is 3.09. The molecule has 2 aliphatic rings. The Morgan fingerprint density at radius 3 is 2.50 bits per heavy atom. The van der Waals surface area contributed by atoms with E-state index >= 15 is 0 Å². The minimum atomic E-state index is -0.379. The lowest BCUT2D eigenvalue weighted by Crippen LogP contribution is -2.40. The molecule has 0 unspecified atom stereocenters. The van der Waals surface area contributed by atoms with Gasteiger partial charge in [-0.3, -0.25) is 9.69 Å². The van der Waals surface area contributed by atoms with Crippen molar-refractivity contribution >= 4 is 5.91 Å². The molecule has 1 aliphatic carbocycles. The van der Waals surface area contributed by atoms with Crippen LogP contribution in [0.4, 0.5) is 0 Å². The molecule has 160 valence electrons. The largest absolute Gasteiger partial charge is 0.497 e. The van der Waals surface area contributed by atoms with Gasteiger partial charge >= 0.3 is 0 Å². The van der Waals surface area contributed by atoms with Crippen molar-refractivity contribution in [2.75, 3.05) is 33.4 Å². The van der Waals surface area contributed by atoms with Crippen LogP contribution in [0.15, 0.2) is 42.5 Å².